The summed E-state index contributed by atoms with van der Waals surface area (Å²) in [5.74, 6) is -15.2. The molecule has 0 radical (unpaired) electrons. The average Bonchev–Trinajstić information content (AvgIpc) is 2.84. The minimum atomic E-state index is -6.60. The van der Waals surface area contributed by atoms with Gasteiger partial charge in [0.25, 0.3) is 0 Å². The summed E-state index contributed by atoms with van der Waals surface area (Å²) in [5.41, 5.74) is 2.33. The normalized spacial score (nSPS) is 14.5. The minimum Gasteiger partial charge on any atom is -0.456 e. The highest BCUT2D eigenvalue weighted by molar-refractivity contribution is 5.86. The first-order valence-corrected chi connectivity index (χ1v) is 11.4. The predicted octanol–water partition coefficient (Wildman–Crippen LogP) is 8.40. The smallest absolute Gasteiger partial charge is 0.456 e. The third-order valence-corrected chi connectivity index (χ3v) is 6.31. The Balaban J connectivity index is 1.67. The van der Waals surface area contributed by atoms with E-state index in [0.29, 0.717) is 0 Å². The Morgan fingerprint density at radius 2 is 1.47 bits per heavy atom. The molecule has 0 saturated carbocycles. The van der Waals surface area contributed by atoms with Crippen LogP contribution in [-0.2, 0) is 16.1 Å². The maximum Gasteiger partial charge on any atom is 0.460 e. The lowest BCUT2D eigenvalue weighted by atomic mass is 9.83. The third-order valence-electron chi connectivity index (χ3n) is 6.31. The molecule has 0 fully saturated rings. The molecule has 3 aromatic carbocycles. The fraction of sp³-hybridized carbons (Fsp3) is 0.370. The van der Waals surface area contributed by atoms with Crippen molar-refractivity contribution in [3.63, 3.8) is 0 Å². The van der Waals surface area contributed by atoms with Gasteiger partial charge in [-0.05, 0) is 52.1 Å². The molecule has 0 saturated heterocycles. The van der Waals surface area contributed by atoms with E-state index in [4.69, 9.17) is 0 Å². The van der Waals surface area contributed by atoms with Gasteiger partial charge in [-0.2, -0.15) is 30.7 Å². The van der Waals surface area contributed by atoms with Crippen molar-refractivity contribution in [1.82, 2.24) is 0 Å². The Hall–Kier alpha value is -3.10. The van der Waals surface area contributed by atoms with Gasteiger partial charge in [-0.1, -0.05) is 80.6 Å². The number of hydrogen-bond acceptors (Lipinski definition) is 2. The van der Waals surface area contributed by atoms with Crippen molar-refractivity contribution >= 4 is 16.7 Å². The van der Waals surface area contributed by atoms with Gasteiger partial charge in [0.15, 0.2) is 0 Å². The van der Waals surface area contributed by atoms with Crippen molar-refractivity contribution < 1.29 is 40.3 Å². The van der Waals surface area contributed by atoms with Gasteiger partial charge in [0, 0.05) is 0 Å². The van der Waals surface area contributed by atoms with Crippen LogP contribution >= 0.6 is 0 Å². The number of ether oxygens (including phenoxy) is 1. The third kappa shape index (κ3) is 5.50. The molecule has 0 aromatic heterocycles. The van der Waals surface area contributed by atoms with Crippen LogP contribution in [0.15, 0.2) is 66.7 Å². The van der Waals surface area contributed by atoms with Crippen LogP contribution in [0.3, 0.4) is 0 Å². The van der Waals surface area contributed by atoms with Crippen molar-refractivity contribution in [2.24, 2.45) is 0 Å². The van der Waals surface area contributed by atoms with Crippen molar-refractivity contribution in [3.8, 4) is 0 Å². The van der Waals surface area contributed by atoms with Gasteiger partial charge in [-0.3, -0.25) is 0 Å². The zero-order chi connectivity index (χ0) is 26.7. The molecule has 0 bridgehead atoms. The molecule has 2 nitrogen and oxygen atoms in total. The molecule has 9 heteroatoms. The van der Waals surface area contributed by atoms with Gasteiger partial charge in [0.05, 0.1) is 0 Å². The van der Waals surface area contributed by atoms with Crippen LogP contribution < -0.4 is 0 Å². The summed E-state index contributed by atoms with van der Waals surface area (Å²) in [4.78, 5) is 11.3. The monoisotopic (exact) mass is 514 g/mol. The Bertz CT molecular complexity index is 1180. The molecule has 0 aliphatic heterocycles. The Morgan fingerprint density at radius 3 is 2.08 bits per heavy atom. The predicted molar refractivity (Wildman–Crippen MR) is 122 cm³/mol. The zero-order valence-corrected chi connectivity index (χ0v) is 19.6. The van der Waals surface area contributed by atoms with E-state index in [0.717, 1.165) is 23.8 Å². The summed E-state index contributed by atoms with van der Waals surface area (Å²) in [6, 6.07) is 20.6. The van der Waals surface area contributed by atoms with Gasteiger partial charge in [0.1, 0.15) is 6.61 Å². The second-order valence-corrected chi connectivity index (χ2v) is 8.77. The first-order chi connectivity index (χ1) is 16.8. The zero-order valence-electron chi connectivity index (χ0n) is 19.6. The molecule has 0 spiro atoms. The molecular formula is C27H25F7O2. The van der Waals surface area contributed by atoms with Crippen LogP contribution in [0.5, 0.6) is 0 Å². The molecule has 0 aliphatic rings. The summed E-state index contributed by atoms with van der Waals surface area (Å²) in [7, 11) is 0. The van der Waals surface area contributed by atoms with Gasteiger partial charge in [0.2, 0.25) is 0 Å². The molecule has 3 rings (SSSR count). The standard InChI is InChI=1S/C27H25F7O2/c1-3-19(15-17(2)22-10-6-8-21-7-4-5-9-23(21)22)20-13-11-18(12-14-20)16-36-24(35)25(28,29)26(30,31)27(32,33)34/h4-14,17,19H,3,15-16H2,1-2H3. The first-order valence-electron chi connectivity index (χ1n) is 11.4. The summed E-state index contributed by atoms with van der Waals surface area (Å²) in [6.07, 6.45) is -4.98. The van der Waals surface area contributed by atoms with E-state index in [9.17, 15) is 35.5 Å². The number of carbonyl (C=O) groups excluding carboxylic acids is 1. The van der Waals surface area contributed by atoms with E-state index < -0.39 is 30.6 Å². The van der Waals surface area contributed by atoms with Gasteiger partial charge >= 0.3 is 24.0 Å². The number of alkyl halides is 7. The van der Waals surface area contributed by atoms with Crippen molar-refractivity contribution in [3.05, 3.63) is 83.4 Å². The summed E-state index contributed by atoms with van der Waals surface area (Å²) in [6.45, 7) is 3.29. The number of hydrogen-bond donors (Lipinski definition) is 0. The highest BCUT2D eigenvalue weighted by Crippen LogP contribution is 2.47. The molecule has 0 amide bonds. The molecule has 0 heterocycles. The van der Waals surface area contributed by atoms with E-state index in [1.54, 1.807) is 12.1 Å². The van der Waals surface area contributed by atoms with E-state index in [1.807, 2.05) is 25.1 Å². The van der Waals surface area contributed by atoms with Crippen LogP contribution in [-0.4, -0.2) is 24.0 Å². The topological polar surface area (TPSA) is 26.3 Å². The number of rotatable bonds is 9. The van der Waals surface area contributed by atoms with E-state index >= 15 is 0 Å². The molecular weight excluding hydrogens is 489 g/mol. The van der Waals surface area contributed by atoms with E-state index in [-0.39, 0.29) is 17.4 Å². The van der Waals surface area contributed by atoms with Gasteiger partial charge in [-0.25, -0.2) is 4.79 Å². The fourth-order valence-corrected chi connectivity index (χ4v) is 4.20. The van der Waals surface area contributed by atoms with Crippen LogP contribution in [0.1, 0.15) is 55.2 Å². The SMILES string of the molecule is CCC(CC(C)c1cccc2ccccc12)c1ccc(COC(=O)C(F)(F)C(F)(F)C(F)(F)F)cc1. The Morgan fingerprint density at radius 1 is 0.861 bits per heavy atom. The number of esters is 1. The molecule has 194 valence electrons. The molecule has 2 atom stereocenters. The summed E-state index contributed by atoms with van der Waals surface area (Å²) < 4.78 is 93.7. The lowest BCUT2D eigenvalue weighted by Gasteiger charge is -2.26. The summed E-state index contributed by atoms with van der Waals surface area (Å²) in [5, 5.41) is 2.32. The summed E-state index contributed by atoms with van der Waals surface area (Å²) >= 11 is 0. The van der Waals surface area contributed by atoms with Crippen LogP contribution in [0.2, 0.25) is 0 Å². The Kier molecular flexibility index (Phi) is 8.00. The van der Waals surface area contributed by atoms with Crippen LogP contribution in [0, 0.1) is 0 Å². The minimum absolute atomic E-state index is 0.144. The second kappa shape index (κ2) is 10.5. The van der Waals surface area contributed by atoms with Crippen LogP contribution in [0.4, 0.5) is 30.7 Å². The van der Waals surface area contributed by atoms with Crippen molar-refractivity contribution in [2.45, 2.75) is 63.2 Å². The first kappa shape index (κ1) is 27.5. The maximum absolute atomic E-state index is 13.4. The van der Waals surface area contributed by atoms with E-state index in [2.05, 4.69) is 35.9 Å². The van der Waals surface area contributed by atoms with Crippen molar-refractivity contribution in [1.29, 1.82) is 0 Å². The molecule has 2 unspecified atom stereocenters. The highest BCUT2D eigenvalue weighted by atomic mass is 19.4. The second-order valence-electron chi connectivity index (χ2n) is 8.77. The lowest BCUT2D eigenvalue weighted by molar-refractivity contribution is -0.348. The van der Waals surface area contributed by atoms with E-state index in [1.165, 1.54) is 23.1 Å². The quantitative estimate of drug-likeness (QED) is 0.212. The number of fused-ring (bicyclic) bond motifs is 1. The highest BCUT2D eigenvalue weighted by Gasteiger charge is 2.77. The molecule has 3 aromatic rings. The maximum atomic E-state index is 13.4. The lowest BCUT2D eigenvalue weighted by Crippen LogP contribution is -2.56. The molecule has 0 N–H and O–H groups in total. The number of carbonyl (C=O) groups is 1. The number of benzene rings is 3. The fourth-order valence-electron chi connectivity index (χ4n) is 4.20. The van der Waals surface area contributed by atoms with Gasteiger partial charge < -0.3 is 4.74 Å². The molecule has 36 heavy (non-hydrogen) atoms. The largest absolute Gasteiger partial charge is 0.460 e. The van der Waals surface area contributed by atoms with Crippen LogP contribution in [0.25, 0.3) is 10.8 Å². The molecule has 0 aliphatic carbocycles. The number of halogens is 7. The average molecular weight is 514 g/mol. The van der Waals surface area contributed by atoms with Gasteiger partial charge in [-0.15, -0.1) is 0 Å². The van der Waals surface area contributed by atoms with Crippen molar-refractivity contribution in [2.75, 3.05) is 0 Å². The Labute approximate surface area is 204 Å².